The van der Waals surface area contributed by atoms with Crippen molar-refractivity contribution >= 4 is 11.7 Å². The Labute approximate surface area is 136 Å². The zero-order chi connectivity index (χ0) is 16.4. The molecule has 1 amide bonds. The average molecular weight is 313 g/mol. The minimum Gasteiger partial charge on any atom is -0.363 e. The summed E-state index contributed by atoms with van der Waals surface area (Å²) >= 11 is 0. The lowest BCUT2D eigenvalue weighted by atomic mass is 9.91. The van der Waals surface area contributed by atoms with Crippen molar-refractivity contribution in [3.8, 4) is 0 Å². The Bertz CT molecular complexity index is 694. The van der Waals surface area contributed by atoms with E-state index in [-0.39, 0.29) is 5.91 Å². The fourth-order valence-electron chi connectivity index (χ4n) is 3.06. The summed E-state index contributed by atoms with van der Waals surface area (Å²) in [5, 5.41) is 4.23. The Morgan fingerprint density at radius 3 is 2.87 bits per heavy atom. The van der Waals surface area contributed by atoms with Crippen LogP contribution >= 0.6 is 0 Å². The molecule has 1 aliphatic rings. The van der Waals surface area contributed by atoms with Gasteiger partial charge in [-0.25, -0.2) is 4.98 Å². The van der Waals surface area contributed by atoms with E-state index in [2.05, 4.69) is 22.2 Å². The van der Waals surface area contributed by atoms with Gasteiger partial charge in [0, 0.05) is 52.5 Å². The highest BCUT2D eigenvalue weighted by molar-refractivity contribution is 5.92. The van der Waals surface area contributed by atoms with E-state index in [0.717, 1.165) is 31.7 Å². The molecule has 6 nitrogen and oxygen atoms in total. The summed E-state index contributed by atoms with van der Waals surface area (Å²) in [6.45, 7) is 1.55. The van der Waals surface area contributed by atoms with Gasteiger partial charge in [-0.1, -0.05) is 0 Å². The van der Waals surface area contributed by atoms with Gasteiger partial charge < -0.3 is 9.80 Å². The van der Waals surface area contributed by atoms with Crippen molar-refractivity contribution in [3.63, 3.8) is 0 Å². The molecule has 1 fully saturated rings. The molecule has 0 bridgehead atoms. The number of likely N-dealkylation sites (tertiary alicyclic amines) is 1. The fraction of sp³-hybridized carbons (Fsp3) is 0.471. The highest BCUT2D eigenvalue weighted by atomic mass is 16.2. The molecule has 3 heterocycles. The molecule has 1 unspecified atom stereocenters. The van der Waals surface area contributed by atoms with Crippen LogP contribution in [0.15, 0.2) is 30.6 Å². The van der Waals surface area contributed by atoms with Gasteiger partial charge in [-0.05, 0) is 36.6 Å². The van der Waals surface area contributed by atoms with E-state index in [1.165, 1.54) is 5.56 Å². The Morgan fingerprint density at radius 2 is 2.17 bits per heavy atom. The predicted octanol–water partition coefficient (Wildman–Crippen LogP) is 1.90. The Morgan fingerprint density at radius 1 is 1.35 bits per heavy atom. The molecular formula is C17H23N5O. The smallest absolute Gasteiger partial charge is 0.274 e. The van der Waals surface area contributed by atoms with Crippen LogP contribution in [0.25, 0.3) is 0 Å². The van der Waals surface area contributed by atoms with Gasteiger partial charge in [0.15, 0.2) is 0 Å². The Kier molecular flexibility index (Phi) is 4.32. The molecule has 2 aromatic rings. The lowest BCUT2D eigenvalue weighted by molar-refractivity contribution is 0.0700. The van der Waals surface area contributed by atoms with Crippen molar-refractivity contribution in [1.82, 2.24) is 19.7 Å². The molecule has 0 aliphatic carbocycles. The zero-order valence-electron chi connectivity index (χ0n) is 13.9. The summed E-state index contributed by atoms with van der Waals surface area (Å²) < 4.78 is 1.67. The van der Waals surface area contributed by atoms with E-state index in [1.807, 2.05) is 37.1 Å². The average Bonchev–Trinajstić information content (AvgIpc) is 3.01. The summed E-state index contributed by atoms with van der Waals surface area (Å²) in [5.41, 5.74) is 1.78. The maximum atomic E-state index is 12.6. The van der Waals surface area contributed by atoms with Gasteiger partial charge in [0.25, 0.3) is 5.91 Å². The van der Waals surface area contributed by atoms with Crippen molar-refractivity contribution in [1.29, 1.82) is 0 Å². The van der Waals surface area contributed by atoms with E-state index >= 15 is 0 Å². The van der Waals surface area contributed by atoms with Crippen molar-refractivity contribution in [2.75, 3.05) is 32.1 Å². The van der Waals surface area contributed by atoms with Crippen molar-refractivity contribution in [3.05, 3.63) is 41.9 Å². The molecule has 2 aromatic heterocycles. The highest BCUT2D eigenvalue weighted by Gasteiger charge is 2.26. The molecule has 0 spiro atoms. The number of piperidine rings is 1. The SMILES string of the molecule is CN(C)c1cc(C2CCCN(C(=O)c3ccn(C)n3)C2)ccn1. The van der Waals surface area contributed by atoms with Gasteiger partial charge in [0.2, 0.25) is 0 Å². The highest BCUT2D eigenvalue weighted by Crippen LogP contribution is 2.28. The third-order valence-corrected chi connectivity index (χ3v) is 4.34. The van der Waals surface area contributed by atoms with Crippen LogP contribution < -0.4 is 4.90 Å². The third kappa shape index (κ3) is 3.36. The zero-order valence-corrected chi connectivity index (χ0v) is 13.9. The standard InChI is InChI=1S/C17H23N5O/c1-20(2)16-11-13(6-8-18-16)14-5-4-9-22(12-14)17(23)15-7-10-21(3)19-15/h6-8,10-11,14H,4-5,9,12H2,1-3H3. The molecule has 0 radical (unpaired) electrons. The fourth-order valence-corrected chi connectivity index (χ4v) is 3.06. The number of hydrogen-bond donors (Lipinski definition) is 0. The summed E-state index contributed by atoms with van der Waals surface area (Å²) in [6.07, 6.45) is 5.77. The van der Waals surface area contributed by atoms with Gasteiger partial charge in [-0.15, -0.1) is 0 Å². The monoisotopic (exact) mass is 313 g/mol. The lowest BCUT2D eigenvalue weighted by Crippen LogP contribution is -2.39. The number of amides is 1. The largest absolute Gasteiger partial charge is 0.363 e. The number of pyridine rings is 1. The molecule has 0 saturated carbocycles. The second kappa shape index (κ2) is 6.40. The van der Waals surface area contributed by atoms with Gasteiger partial charge in [-0.3, -0.25) is 9.48 Å². The van der Waals surface area contributed by atoms with E-state index in [0.29, 0.717) is 11.6 Å². The molecule has 0 aromatic carbocycles. The van der Waals surface area contributed by atoms with E-state index in [1.54, 1.807) is 16.9 Å². The predicted molar refractivity (Wildman–Crippen MR) is 89.7 cm³/mol. The van der Waals surface area contributed by atoms with E-state index < -0.39 is 0 Å². The topological polar surface area (TPSA) is 54.3 Å². The summed E-state index contributed by atoms with van der Waals surface area (Å²) in [6, 6.07) is 5.97. The molecule has 0 N–H and O–H groups in total. The molecule has 1 aliphatic heterocycles. The van der Waals surface area contributed by atoms with E-state index in [9.17, 15) is 4.79 Å². The second-order valence-electron chi connectivity index (χ2n) is 6.31. The number of hydrogen-bond acceptors (Lipinski definition) is 4. The van der Waals surface area contributed by atoms with Crippen molar-refractivity contribution < 1.29 is 4.79 Å². The van der Waals surface area contributed by atoms with Crippen LogP contribution in [-0.4, -0.2) is 52.8 Å². The first kappa shape index (κ1) is 15.5. The maximum Gasteiger partial charge on any atom is 0.274 e. The molecule has 6 heteroatoms. The Balaban J connectivity index is 1.75. The number of carbonyl (C=O) groups excluding carboxylic acids is 1. The molecular weight excluding hydrogens is 290 g/mol. The molecule has 3 rings (SSSR count). The van der Waals surface area contributed by atoms with Crippen LogP contribution in [-0.2, 0) is 7.05 Å². The van der Waals surface area contributed by atoms with Crippen LogP contribution in [0, 0.1) is 0 Å². The van der Waals surface area contributed by atoms with Crippen LogP contribution in [0.5, 0.6) is 0 Å². The number of nitrogens with zero attached hydrogens (tertiary/aromatic N) is 5. The number of carbonyl (C=O) groups is 1. The van der Waals surface area contributed by atoms with Crippen LogP contribution in [0.1, 0.15) is 34.8 Å². The summed E-state index contributed by atoms with van der Waals surface area (Å²) in [5.74, 6) is 1.34. The number of aromatic nitrogens is 3. The first-order chi connectivity index (χ1) is 11.0. The quantitative estimate of drug-likeness (QED) is 0.868. The minimum atomic E-state index is 0.0252. The number of anilines is 1. The van der Waals surface area contributed by atoms with Crippen LogP contribution in [0.4, 0.5) is 5.82 Å². The number of rotatable bonds is 3. The Hall–Kier alpha value is -2.37. The van der Waals surface area contributed by atoms with Gasteiger partial charge in [-0.2, -0.15) is 5.10 Å². The third-order valence-electron chi connectivity index (χ3n) is 4.34. The lowest BCUT2D eigenvalue weighted by Gasteiger charge is -2.32. The summed E-state index contributed by atoms with van der Waals surface area (Å²) in [7, 11) is 5.81. The molecule has 1 saturated heterocycles. The van der Waals surface area contributed by atoms with Crippen LogP contribution in [0.2, 0.25) is 0 Å². The molecule has 1 atom stereocenters. The maximum absolute atomic E-state index is 12.6. The second-order valence-corrected chi connectivity index (χ2v) is 6.31. The minimum absolute atomic E-state index is 0.0252. The van der Waals surface area contributed by atoms with Gasteiger partial charge in [0.05, 0.1) is 0 Å². The number of aryl methyl sites for hydroxylation is 1. The van der Waals surface area contributed by atoms with E-state index in [4.69, 9.17) is 0 Å². The van der Waals surface area contributed by atoms with Crippen molar-refractivity contribution in [2.24, 2.45) is 7.05 Å². The van der Waals surface area contributed by atoms with Gasteiger partial charge in [0.1, 0.15) is 11.5 Å². The molecule has 23 heavy (non-hydrogen) atoms. The van der Waals surface area contributed by atoms with Crippen molar-refractivity contribution in [2.45, 2.75) is 18.8 Å². The van der Waals surface area contributed by atoms with Crippen LogP contribution in [0.3, 0.4) is 0 Å². The first-order valence-electron chi connectivity index (χ1n) is 7.97. The summed E-state index contributed by atoms with van der Waals surface area (Å²) in [4.78, 5) is 20.9. The molecule has 122 valence electrons. The first-order valence-corrected chi connectivity index (χ1v) is 7.97. The van der Waals surface area contributed by atoms with Gasteiger partial charge >= 0.3 is 0 Å². The normalized spacial score (nSPS) is 18.0.